The van der Waals surface area contributed by atoms with Crippen molar-refractivity contribution >= 4 is 21.9 Å². The van der Waals surface area contributed by atoms with Crippen molar-refractivity contribution in [3.63, 3.8) is 0 Å². The van der Waals surface area contributed by atoms with Crippen molar-refractivity contribution in [1.82, 2.24) is 14.1 Å². The molecule has 0 N–H and O–H groups in total. The lowest BCUT2D eigenvalue weighted by Crippen LogP contribution is -2.42. The first-order chi connectivity index (χ1) is 15.4. The van der Waals surface area contributed by atoms with Crippen LogP contribution < -0.4 is 0 Å². The third kappa shape index (κ3) is 9.06. The van der Waals surface area contributed by atoms with E-state index in [0.29, 0.717) is 32.6 Å². The van der Waals surface area contributed by atoms with E-state index in [1.165, 1.54) is 4.90 Å². The summed E-state index contributed by atoms with van der Waals surface area (Å²) >= 11 is 0. The highest BCUT2D eigenvalue weighted by molar-refractivity contribution is 7.89. The van der Waals surface area contributed by atoms with Crippen LogP contribution in [0.15, 0.2) is 29.2 Å². The maximum Gasteiger partial charge on any atom is 0.326 e. The molecule has 8 nitrogen and oxygen atoms in total. The maximum absolute atomic E-state index is 12.9. The summed E-state index contributed by atoms with van der Waals surface area (Å²) in [7, 11) is 0.359. The van der Waals surface area contributed by atoms with E-state index in [2.05, 4.69) is 0 Å². The van der Waals surface area contributed by atoms with Gasteiger partial charge in [-0.05, 0) is 71.8 Å². The Kier molecular flexibility index (Phi) is 9.87. The molecule has 0 radical (unpaired) electrons. The number of hydrogen-bond donors (Lipinski definition) is 0. The van der Waals surface area contributed by atoms with E-state index in [-0.39, 0.29) is 23.8 Å². The highest BCUT2D eigenvalue weighted by atomic mass is 32.2. The molecule has 1 amide bonds. The first-order valence-electron chi connectivity index (χ1n) is 11.6. The Morgan fingerprint density at radius 2 is 1.61 bits per heavy atom. The quantitative estimate of drug-likeness (QED) is 0.477. The monoisotopic (exact) mass is 481 g/mol. The Morgan fingerprint density at radius 3 is 2.15 bits per heavy atom. The maximum atomic E-state index is 12.9. The van der Waals surface area contributed by atoms with E-state index < -0.39 is 21.6 Å². The summed E-state index contributed by atoms with van der Waals surface area (Å²) in [5.41, 5.74) is 0.273. The number of esters is 1. The fourth-order valence-electron chi connectivity index (χ4n) is 3.63. The molecule has 0 bridgehead atoms. The van der Waals surface area contributed by atoms with Crippen LogP contribution in [0.3, 0.4) is 0 Å². The summed E-state index contributed by atoms with van der Waals surface area (Å²) in [5, 5.41) is 0. The summed E-state index contributed by atoms with van der Waals surface area (Å²) in [6.45, 7) is 7.51. The molecule has 1 aliphatic heterocycles. The van der Waals surface area contributed by atoms with E-state index in [4.69, 9.17) is 4.74 Å². The summed E-state index contributed by atoms with van der Waals surface area (Å²) in [6, 6.07) is 6.77. The molecular weight excluding hydrogens is 442 g/mol. The molecule has 1 saturated heterocycles. The zero-order valence-corrected chi connectivity index (χ0v) is 21.5. The number of aryl methyl sites for hydroxylation is 1. The summed E-state index contributed by atoms with van der Waals surface area (Å²) < 4.78 is 32.5. The lowest BCUT2D eigenvalue weighted by atomic mass is 10.1. The Balaban J connectivity index is 1.98. The molecule has 0 aromatic heterocycles. The van der Waals surface area contributed by atoms with Gasteiger partial charge < -0.3 is 14.5 Å². The van der Waals surface area contributed by atoms with Crippen molar-refractivity contribution in [3.05, 3.63) is 29.8 Å². The summed E-state index contributed by atoms with van der Waals surface area (Å²) in [4.78, 5) is 28.9. The van der Waals surface area contributed by atoms with Crippen LogP contribution in [0, 0.1) is 0 Å². The van der Waals surface area contributed by atoms with E-state index in [0.717, 1.165) is 24.8 Å². The summed E-state index contributed by atoms with van der Waals surface area (Å²) in [5.74, 6) is -0.561. The number of likely N-dealkylation sites (N-methyl/N-ethyl adjacent to an activating group) is 1. The van der Waals surface area contributed by atoms with Gasteiger partial charge in [-0.1, -0.05) is 18.6 Å². The van der Waals surface area contributed by atoms with Crippen molar-refractivity contribution in [2.45, 2.75) is 63.4 Å². The fraction of sp³-hybridized carbons (Fsp3) is 0.667. The van der Waals surface area contributed by atoms with Crippen LogP contribution in [0.2, 0.25) is 0 Å². The predicted molar refractivity (Wildman–Crippen MR) is 128 cm³/mol. The minimum Gasteiger partial charge on any atom is -0.459 e. The van der Waals surface area contributed by atoms with Crippen LogP contribution in [0.25, 0.3) is 0 Å². The van der Waals surface area contributed by atoms with Gasteiger partial charge in [-0.25, -0.2) is 8.42 Å². The molecule has 9 heteroatoms. The molecule has 1 heterocycles. The number of ether oxygens (including phenoxy) is 1. The van der Waals surface area contributed by atoms with Crippen LogP contribution in [0.4, 0.5) is 0 Å². The highest BCUT2D eigenvalue weighted by Gasteiger charge is 2.26. The molecule has 0 saturated carbocycles. The smallest absolute Gasteiger partial charge is 0.326 e. The Hall–Kier alpha value is -1.97. The second-order valence-corrected chi connectivity index (χ2v) is 11.8. The van der Waals surface area contributed by atoms with Crippen LogP contribution in [0.5, 0.6) is 0 Å². The second-order valence-electron chi connectivity index (χ2n) is 9.81. The normalized spacial score (nSPS) is 15.5. The van der Waals surface area contributed by atoms with Gasteiger partial charge >= 0.3 is 5.97 Å². The van der Waals surface area contributed by atoms with E-state index in [1.807, 2.05) is 19.0 Å². The largest absolute Gasteiger partial charge is 0.459 e. The fourth-order valence-corrected chi connectivity index (χ4v) is 5.15. The zero-order valence-electron chi connectivity index (χ0n) is 20.7. The molecule has 0 atom stereocenters. The average molecular weight is 482 g/mol. The number of rotatable bonds is 10. The van der Waals surface area contributed by atoms with Gasteiger partial charge in [0.25, 0.3) is 0 Å². The Labute approximate surface area is 198 Å². The van der Waals surface area contributed by atoms with Crippen LogP contribution in [-0.2, 0) is 30.8 Å². The Bertz CT molecular complexity index is 886. The molecule has 1 fully saturated rings. The van der Waals surface area contributed by atoms with Crippen molar-refractivity contribution < 1.29 is 22.7 Å². The van der Waals surface area contributed by atoms with Crippen molar-refractivity contribution in [1.29, 1.82) is 0 Å². The number of nitrogens with zero attached hydrogens (tertiary/aromatic N) is 3. The standard InChI is InChI=1S/C24H39N3O5S/c1-24(2,3)32-23(29)19-26(18-17-25(4)5)22(28)14-11-20-9-12-21(13-10-20)33(30,31)27-15-7-6-8-16-27/h9-10,12-13H,6-8,11,14-19H2,1-5H3. The zero-order chi connectivity index (χ0) is 24.6. The lowest BCUT2D eigenvalue weighted by molar-refractivity contribution is -0.159. The second kappa shape index (κ2) is 11.9. The first kappa shape index (κ1) is 27.3. The molecular formula is C24H39N3O5S. The number of carbonyl (C=O) groups excluding carboxylic acids is 2. The molecule has 0 spiro atoms. The van der Waals surface area contributed by atoms with Gasteiger partial charge in [-0.15, -0.1) is 0 Å². The molecule has 2 rings (SSSR count). The molecule has 1 aliphatic rings. The third-order valence-corrected chi connectivity index (χ3v) is 7.33. The van der Waals surface area contributed by atoms with Gasteiger partial charge in [-0.2, -0.15) is 4.31 Å². The molecule has 186 valence electrons. The average Bonchev–Trinajstić information content (AvgIpc) is 2.74. The van der Waals surface area contributed by atoms with E-state index in [9.17, 15) is 18.0 Å². The van der Waals surface area contributed by atoms with Crippen LogP contribution in [-0.4, -0.2) is 86.8 Å². The highest BCUT2D eigenvalue weighted by Crippen LogP contribution is 2.21. The van der Waals surface area contributed by atoms with E-state index >= 15 is 0 Å². The van der Waals surface area contributed by atoms with Gasteiger partial charge in [0.1, 0.15) is 12.1 Å². The van der Waals surface area contributed by atoms with E-state index in [1.54, 1.807) is 49.3 Å². The topological polar surface area (TPSA) is 87.2 Å². The van der Waals surface area contributed by atoms with Gasteiger partial charge in [-0.3, -0.25) is 9.59 Å². The van der Waals surface area contributed by atoms with Crippen LogP contribution >= 0.6 is 0 Å². The van der Waals surface area contributed by atoms with Gasteiger partial charge in [0, 0.05) is 32.6 Å². The van der Waals surface area contributed by atoms with Crippen molar-refractivity contribution in [3.8, 4) is 0 Å². The van der Waals surface area contributed by atoms with Gasteiger partial charge in [0.15, 0.2) is 0 Å². The number of amides is 1. The number of sulfonamides is 1. The number of carbonyl (C=O) groups is 2. The number of hydrogen-bond acceptors (Lipinski definition) is 6. The first-order valence-corrected chi connectivity index (χ1v) is 13.1. The summed E-state index contributed by atoms with van der Waals surface area (Å²) in [6.07, 6.45) is 3.56. The molecule has 0 aliphatic carbocycles. The van der Waals surface area contributed by atoms with Gasteiger partial charge in [0.05, 0.1) is 4.90 Å². The third-order valence-electron chi connectivity index (χ3n) is 5.41. The molecule has 33 heavy (non-hydrogen) atoms. The minimum absolute atomic E-state index is 0.0863. The molecule has 1 aromatic carbocycles. The van der Waals surface area contributed by atoms with Gasteiger partial charge in [0.2, 0.25) is 15.9 Å². The van der Waals surface area contributed by atoms with Crippen molar-refractivity contribution in [2.75, 3.05) is 46.8 Å². The van der Waals surface area contributed by atoms with Crippen molar-refractivity contribution in [2.24, 2.45) is 0 Å². The minimum atomic E-state index is -3.47. The lowest BCUT2D eigenvalue weighted by Gasteiger charge is -2.26. The SMILES string of the molecule is CN(C)CCN(CC(=O)OC(C)(C)C)C(=O)CCc1ccc(S(=O)(=O)N2CCCCC2)cc1. The molecule has 1 aromatic rings. The number of benzene rings is 1. The van der Waals surface area contributed by atoms with Crippen LogP contribution in [0.1, 0.15) is 52.0 Å². The predicted octanol–water partition coefficient (Wildman–Crippen LogP) is 2.53. The Morgan fingerprint density at radius 1 is 1.00 bits per heavy atom. The molecule has 0 unspecified atom stereocenters. The number of piperidine rings is 1.